The first-order valence-corrected chi connectivity index (χ1v) is 9.04. The number of rotatable bonds is 8. The number of aromatic amines is 1. The Hall–Kier alpha value is -2.05. The Labute approximate surface area is 149 Å². The number of H-pyrrole nitrogens is 1. The number of aryl methyl sites for hydroxylation is 1. The molecule has 3 rings (SSSR count). The zero-order valence-electron chi connectivity index (χ0n) is 14.7. The van der Waals surface area contributed by atoms with E-state index in [4.69, 9.17) is 4.74 Å². The molecule has 1 aromatic heterocycles. The van der Waals surface area contributed by atoms with Crippen molar-refractivity contribution >= 4 is 11.0 Å². The minimum atomic E-state index is -4.40. The second-order valence-electron chi connectivity index (χ2n) is 7.17. The Bertz CT molecular complexity index is 817. The van der Waals surface area contributed by atoms with Crippen LogP contribution in [-0.2, 0) is 6.42 Å². The van der Waals surface area contributed by atoms with E-state index >= 15 is 0 Å². The van der Waals surface area contributed by atoms with Gasteiger partial charge in [0.05, 0.1) is 11.0 Å². The third kappa shape index (κ3) is 5.22. The first-order valence-electron chi connectivity index (χ1n) is 9.04. The molecule has 1 saturated carbocycles. The number of hydrogen-bond donors (Lipinski definition) is 1. The minimum Gasteiger partial charge on any atom is -0.484 e. The van der Waals surface area contributed by atoms with Gasteiger partial charge in [-0.3, -0.25) is 4.79 Å². The van der Waals surface area contributed by atoms with Crippen molar-refractivity contribution in [1.29, 1.82) is 0 Å². The molecular weight excluding hydrogens is 345 g/mol. The molecule has 0 bridgehead atoms. The Morgan fingerprint density at radius 1 is 1.27 bits per heavy atom. The molecule has 2 atom stereocenters. The quantitative estimate of drug-likeness (QED) is 0.692. The number of nitrogens with one attached hydrogen (secondary N) is 1. The monoisotopic (exact) mass is 368 g/mol. The Balaban J connectivity index is 1.57. The van der Waals surface area contributed by atoms with Crippen LogP contribution in [0.2, 0.25) is 0 Å². The van der Waals surface area contributed by atoms with E-state index in [2.05, 4.69) is 16.9 Å². The van der Waals surface area contributed by atoms with E-state index in [1.54, 1.807) is 6.07 Å². The van der Waals surface area contributed by atoms with E-state index in [0.717, 1.165) is 24.7 Å². The van der Waals surface area contributed by atoms with E-state index in [-0.39, 0.29) is 11.3 Å². The molecule has 1 aliphatic rings. The third-order valence-corrected chi connectivity index (χ3v) is 4.90. The number of aromatic nitrogens is 2. The molecule has 4 nitrogen and oxygen atoms in total. The normalized spacial score (nSPS) is 19.7. The fourth-order valence-corrected chi connectivity index (χ4v) is 3.20. The Morgan fingerprint density at radius 3 is 2.73 bits per heavy atom. The predicted molar refractivity (Wildman–Crippen MR) is 93.4 cm³/mol. The van der Waals surface area contributed by atoms with Gasteiger partial charge in [-0.05, 0) is 43.2 Å². The molecule has 0 aliphatic heterocycles. The maximum atomic E-state index is 12.2. The maximum Gasteiger partial charge on any atom is 0.422 e. The largest absolute Gasteiger partial charge is 0.484 e. The Morgan fingerprint density at radius 2 is 2.04 bits per heavy atom. The number of ether oxygens (including phenoxy) is 1. The highest BCUT2D eigenvalue weighted by molar-refractivity contribution is 5.75. The number of alkyl halides is 3. The van der Waals surface area contributed by atoms with Crippen molar-refractivity contribution in [1.82, 2.24) is 9.97 Å². The molecule has 1 fully saturated rings. The van der Waals surface area contributed by atoms with Crippen molar-refractivity contribution in [3.05, 3.63) is 34.2 Å². The summed E-state index contributed by atoms with van der Waals surface area (Å²) in [5.74, 6) is 1.82. The molecule has 0 amide bonds. The van der Waals surface area contributed by atoms with E-state index in [0.29, 0.717) is 23.1 Å². The van der Waals surface area contributed by atoms with Crippen LogP contribution >= 0.6 is 0 Å². The molecule has 0 spiro atoms. The smallest absolute Gasteiger partial charge is 0.422 e. The van der Waals surface area contributed by atoms with Crippen molar-refractivity contribution in [2.75, 3.05) is 6.61 Å². The number of benzene rings is 1. The molecule has 1 heterocycles. The summed E-state index contributed by atoms with van der Waals surface area (Å²) in [5.41, 5.74) is 1.11. The van der Waals surface area contributed by atoms with Gasteiger partial charge in [-0.25, -0.2) is 4.98 Å². The van der Waals surface area contributed by atoms with Gasteiger partial charge in [-0.15, -0.1) is 0 Å². The van der Waals surface area contributed by atoms with Crippen molar-refractivity contribution in [3.63, 3.8) is 0 Å². The van der Waals surface area contributed by atoms with Crippen molar-refractivity contribution in [3.8, 4) is 5.75 Å². The van der Waals surface area contributed by atoms with E-state index in [9.17, 15) is 18.0 Å². The lowest BCUT2D eigenvalue weighted by Crippen LogP contribution is -2.19. The maximum absolute atomic E-state index is 12.2. The van der Waals surface area contributed by atoms with Gasteiger partial charge in [0.25, 0.3) is 5.56 Å². The van der Waals surface area contributed by atoms with Crippen LogP contribution in [0.15, 0.2) is 23.0 Å². The Kier molecular flexibility index (Phi) is 5.53. The highest BCUT2D eigenvalue weighted by atomic mass is 19.4. The molecule has 2 aromatic rings. The van der Waals surface area contributed by atoms with Crippen LogP contribution in [0.3, 0.4) is 0 Å². The SMILES string of the molecule is CC1C[C@H]1CCCCCc1nc2ccc(OCC(F)(F)F)cc2[nH]c1=O. The summed E-state index contributed by atoms with van der Waals surface area (Å²) in [6.45, 7) is 0.913. The minimum absolute atomic E-state index is 0.0503. The summed E-state index contributed by atoms with van der Waals surface area (Å²) in [4.78, 5) is 19.2. The van der Waals surface area contributed by atoms with Crippen molar-refractivity contribution in [2.24, 2.45) is 11.8 Å². The molecular formula is C19H23F3N2O2. The van der Waals surface area contributed by atoms with Gasteiger partial charge >= 0.3 is 6.18 Å². The summed E-state index contributed by atoms with van der Waals surface area (Å²) in [6.07, 6.45) is 1.99. The lowest BCUT2D eigenvalue weighted by molar-refractivity contribution is -0.153. The fraction of sp³-hybridized carbons (Fsp3) is 0.579. The predicted octanol–water partition coefficient (Wildman–Crippen LogP) is 4.62. The van der Waals surface area contributed by atoms with E-state index < -0.39 is 12.8 Å². The molecule has 1 aromatic carbocycles. The molecule has 1 aliphatic carbocycles. The molecule has 1 unspecified atom stereocenters. The van der Waals surface area contributed by atoms with Crippen LogP contribution in [0, 0.1) is 11.8 Å². The number of nitrogens with zero attached hydrogens (tertiary/aromatic N) is 1. The summed E-state index contributed by atoms with van der Waals surface area (Å²) < 4.78 is 41.3. The summed E-state index contributed by atoms with van der Waals surface area (Å²) in [7, 11) is 0. The number of unbranched alkanes of at least 4 members (excludes halogenated alkanes) is 2. The third-order valence-electron chi connectivity index (χ3n) is 4.90. The molecule has 0 saturated heterocycles. The molecule has 0 radical (unpaired) electrons. The zero-order chi connectivity index (χ0) is 18.7. The molecule has 1 N–H and O–H groups in total. The van der Waals surface area contributed by atoms with Crippen LogP contribution in [0.5, 0.6) is 5.75 Å². The number of halogens is 3. The summed E-state index contributed by atoms with van der Waals surface area (Å²) >= 11 is 0. The lowest BCUT2D eigenvalue weighted by Gasteiger charge is -2.10. The van der Waals surface area contributed by atoms with E-state index in [1.807, 2.05) is 0 Å². The topological polar surface area (TPSA) is 55.0 Å². The first kappa shape index (κ1) is 18.7. The van der Waals surface area contributed by atoms with Gasteiger partial charge in [0, 0.05) is 6.07 Å². The first-order chi connectivity index (χ1) is 12.3. The zero-order valence-corrected chi connectivity index (χ0v) is 14.7. The van der Waals surface area contributed by atoms with Gasteiger partial charge in [-0.1, -0.05) is 26.2 Å². The summed E-state index contributed by atoms with van der Waals surface area (Å²) in [6, 6.07) is 4.37. The molecule has 142 valence electrons. The fourth-order valence-electron chi connectivity index (χ4n) is 3.20. The van der Waals surface area contributed by atoms with E-state index in [1.165, 1.54) is 31.4 Å². The average molecular weight is 368 g/mol. The second kappa shape index (κ2) is 7.68. The van der Waals surface area contributed by atoms with Crippen LogP contribution in [-0.4, -0.2) is 22.8 Å². The van der Waals surface area contributed by atoms with Gasteiger partial charge in [0.15, 0.2) is 6.61 Å². The van der Waals surface area contributed by atoms with Gasteiger partial charge < -0.3 is 9.72 Å². The number of fused-ring (bicyclic) bond motifs is 1. The van der Waals surface area contributed by atoms with Gasteiger partial charge in [-0.2, -0.15) is 13.2 Å². The number of hydrogen-bond acceptors (Lipinski definition) is 3. The average Bonchev–Trinajstić information content (AvgIpc) is 3.27. The molecule has 26 heavy (non-hydrogen) atoms. The molecule has 7 heteroatoms. The summed E-state index contributed by atoms with van der Waals surface area (Å²) in [5, 5.41) is 0. The van der Waals surface area contributed by atoms with Gasteiger partial charge in [0.2, 0.25) is 0 Å². The standard InChI is InChI=1S/C19H23F3N2O2/c1-12-9-13(12)5-3-2-4-6-16-18(25)24-17-10-14(7-8-15(17)23-16)26-11-19(20,21)22/h7-8,10,12-13H,2-6,9,11H2,1H3,(H,24,25)/t12?,13-/m1/s1. The van der Waals surface area contributed by atoms with Crippen molar-refractivity contribution in [2.45, 2.75) is 51.6 Å². The highest BCUT2D eigenvalue weighted by Gasteiger charge is 2.31. The van der Waals surface area contributed by atoms with Crippen LogP contribution in [0.25, 0.3) is 11.0 Å². The van der Waals surface area contributed by atoms with Crippen molar-refractivity contribution < 1.29 is 17.9 Å². The van der Waals surface area contributed by atoms with Crippen LogP contribution < -0.4 is 10.3 Å². The van der Waals surface area contributed by atoms with Crippen LogP contribution in [0.1, 0.15) is 44.7 Å². The highest BCUT2D eigenvalue weighted by Crippen LogP contribution is 2.41. The lowest BCUT2D eigenvalue weighted by atomic mass is 10.1. The van der Waals surface area contributed by atoms with Crippen LogP contribution in [0.4, 0.5) is 13.2 Å². The van der Waals surface area contributed by atoms with Gasteiger partial charge in [0.1, 0.15) is 11.4 Å². The second-order valence-corrected chi connectivity index (χ2v) is 7.17.